The molecule has 2 heterocycles. The fourth-order valence-electron chi connectivity index (χ4n) is 2.73. The van der Waals surface area contributed by atoms with Crippen LogP contribution in [0.15, 0.2) is 35.7 Å². The molecule has 0 radical (unpaired) electrons. The van der Waals surface area contributed by atoms with Crippen LogP contribution in [0, 0.1) is 4.77 Å². The molecule has 2 aromatic heterocycles. The largest absolute Gasteiger partial charge is 0.496 e. The summed E-state index contributed by atoms with van der Waals surface area (Å²) in [6.07, 6.45) is 0.311. The molecule has 3 rings (SSSR count). The molecule has 0 aliphatic rings. The lowest BCUT2D eigenvalue weighted by Crippen LogP contribution is -2.27. The van der Waals surface area contributed by atoms with Gasteiger partial charge in [0, 0.05) is 37.1 Å². The van der Waals surface area contributed by atoms with Crippen LogP contribution in [0.25, 0.3) is 10.7 Å². The molecule has 9 heteroatoms. The zero-order chi connectivity index (χ0) is 19.4. The Balaban J connectivity index is 1.68. The number of amides is 1. The van der Waals surface area contributed by atoms with Gasteiger partial charge in [-0.15, -0.1) is 11.3 Å². The fourth-order valence-corrected chi connectivity index (χ4v) is 3.87. The lowest BCUT2D eigenvalue weighted by atomic mass is 10.2. The third kappa shape index (κ3) is 4.58. The second-order valence-electron chi connectivity index (χ2n) is 5.94. The van der Waals surface area contributed by atoms with Gasteiger partial charge < -0.3 is 9.64 Å². The van der Waals surface area contributed by atoms with E-state index in [0.29, 0.717) is 35.1 Å². The molecule has 1 aromatic carbocycles. The van der Waals surface area contributed by atoms with Gasteiger partial charge in [0.15, 0.2) is 10.6 Å². The maximum Gasteiger partial charge on any atom is 0.224 e. The second kappa shape index (κ2) is 8.69. The molecule has 0 unspecified atom stereocenters. The number of carbonyl (C=O) groups excluding carboxylic acids is 1. The van der Waals surface area contributed by atoms with Gasteiger partial charge in [-0.25, -0.2) is 0 Å². The van der Waals surface area contributed by atoms with Gasteiger partial charge >= 0.3 is 0 Å². The number of rotatable bonds is 7. The molecule has 3 aromatic rings. The SMILES string of the molecule is COc1ccc(Cl)cc1CN(C)C(=O)CCn1c(-c2cccs2)n[nH]c1=S. The summed E-state index contributed by atoms with van der Waals surface area (Å²) < 4.78 is 7.71. The summed E-state index contributed by atoms with van der Waals surface area (Å²) in [6.45, 7) is 0.871. The normalized spacial score (nSPS) is 10.8. The lowest BCUT2D eigenvalue weighted by Gasteiger charge is -2.19. The minimum atomic E-state index is -0.00254. The van der Waals surface area contributed by atoms with Gasteiger partial charge in [-0.3, -0.25) is 14.5 Å². The van der Waals surface area contributed by atoms with E-state index in [0.717, 1.165) is 16.3 Å². The van der Waals surface area contributed by atoms with E-state index in [1.807, 2.05) is 28.1 Å². The first-order valence-electron chi connectivity index (χ1n) is 8.25. The van der Waals surface area contributed by atoms with Crippen molar-refractivity contribution in [3.63, 3.8) is 0 Å². The van der Waals surface area contributed by atoms with E-state index in [2.05, 4.69) is 10.2 Å². The topological polar surface area (TPSA) is 63.1 Å². The van der Waals surface area contributed by atoms with Crippen molar-refractivity contribution in [3.8, 4) is 16.5 Å². The molecular formula is C18H19ClN4O2S2. The Labute approximate surface area is 171 Å². The molecule has 0 aliphatic heterocycles. The van der Waals surface area contributed by atoms with Gasteiger partial charge in [0.05, 0.1) is 12.0 Å². The maximum atomic E-state index is 12.6. The number of hydrogen-bond acceptors (Lipinski definition) is 5. The van der Waals surface area contributed by atoms with Crippen LogP contribution in [0.3, 0.4) is 0 Å². The third-order valence-electron chi connectivity index (χ3n) is 4.12. The highest BCUT2D eigenvalue weighted by Gasteiger charge is 2.15. The molecule has 0 aliphatic carbocycles. The number of thiophene rings is 1. The molecule has 6 nitrogen and oxygen atoms in total. The van der Waals surface area contributed by atoms with Crippen molar-refractivity contribution in [2.24, 2.45) is 0 Å². The van der Waals surface area contributed by atoms with Gasteiger partial charge in [-0.05, 0) is 41.9 Å². The predicted octanol–water partition coefficient (Wildman–Crippen LogP) is 4.38. The summed E-state index contributed by atoms with van der Waals surface area (Å²) in [4.78, 5) is 15.3. The van der Waals surface area contributed by atoms with E-state index >= 15 is 0 Å². The Morgan fingerprint density at radius 1 is 1.44 bits per heavy atom. The number of aromatic amines is 1. The van der Waals surface area contributed by atoms with Crippen molar-refractivity contribution in [1.82, 2.24) is 19.7 Å². The standard InChI is InChI=1S/C18H19ClN4O2S2/c1-22(11-12-10-13(19)5-6-14(12)25-2)16(24)7-8-23-17(20-21-18(23)26)15-4-3-9-27-15/h3-6,9-10H,7-8,11H2,1-2H3,(H,21,26). The first kappa shape index (κ1) is 19.6. The van der Waals surface area contributed by atoms with Gasteiger partial charge in [0.2, 0.25) is 5.91 Å². The monoisotopic (exact) mass is 422 g/mol. The maximum absolute atomic E-state index is 12.6. The highest BCUT2D eigenvalue weighted by molar-refractivity contribution is 7.71. The molecular weight excluding hydrogens is 404 g/mol. The molecule has 142 valence electrons. The van der Waals surface area contributed by atoms with Gasteiger partial charge in [-0.2, -0.15) is 5.10 Å². The number of nitrogens with one attached hydrogen (secondary N) is 1. The molecule has 0 saturated carbocycles. The minimum absolute atomic E-state index is 0.00254. The van der Waals surface area contributed by atoms with E-state index in [-0.39, 0.29) is 5.91 Å². The van der Waals surface area contributed by atoms with Crippen LogP contribution in [0.1, 0.15) is 12.0 Å². The van der Waals surface area contributed by atoms with Gasteiger partial charge in [0.1, 0.15) is 5.75 Å². The highest BCUT2D eigenvalue weighted by Crippen LogP contribution is 2.25. The van der Waals surface area contributed by atoms with Crippen molar-refractivity contribution < 1.29 is 9.53 Å². The summed E-state index contributed by atoms with van der Waals surface area (Å²) in [5.74, 6) is 1.45. The van der Waals surface area contributed by atoms with Crippen molar-refractivity contribution in [2.75, 3.05) is 14.2 Å². The molecule has 0 bridgehead atoms. The number of ether oxygens (including phenoxy) is 1. The summed E-state index contributed by atoms with van der Waals surface area (Å²) >= 11 is 13.0. The van der Waals surface area contributed by atoms with E-state index in [1.54, 1.807) is 42.5 Å². The average molecular weight is 423 g/mol. The number of hydrogen-bond donors (Lipinski definition) is 1. The third-order valence-corrected chi connectivity index (χ3v) is 5.54. The second-order valence-corrected chi connectivity index (χ2v) is 7.71. The van der Waals surface area contributed by atoms with Gasteiger partial charge in [-0.1, -0.05) is 17.7 Å². The van der Waals surface area contributed by atoms with Gasteiger partial charge in [0.25, 0.3) is 0 Å². The Morgan fingerprint density at radius 3 is 2.96 bits per heavy atom. The zero-order valence-electron chi connectivity index (χ0n) is 14.9. The van der Waals surface area contributed by atoms with Crippen LogP contribution in [0.5, 0.6) is 5.75 Å². The molecule has 0 saturated heterocycles. The highest BCUT2D eigenvalue weighted by atomic mass is 35.5. The minimum Gasteiger partial charge on any atom is -0.496 e. The van der Waals surface area contributed by atoms with Crippen LogP contribution in [-0.4, -0.2) is 39.7 Å². The van der Waals surface area contributed by atoms with Crippen molar-refractivity contribution in [2.45, 2.75) is 19.5 Å². The molecule has 0 spiro atoms. The van der Waals surface area contributed by atoms with Crippen molar-refractivity contribution in [3.05, 3.63) is 51.1 Å². The number of methoxy groups -OCH3 is 1. The fraction of sp³-hybridized carbons (Fsp3) is 0.278. The Kier molecular flexibility index (Phi) is 6.30. The number of carbonyl (C=O) groups is 1. The van der Waals surface area contributed by atoms with Crippen LogP contribution in [0.2, 0.25) is 5.02 Å². The Morgan fingerprint density at radius 2 is 2.26 bits per heavy atom. The Bertz CT molecular complexity index is 982. The smallest absolute Gasteiger partial charge is 0.224 e. The van der Waals surface area contributed by atoms with Crippen LogP contribution >= 0.6 is 35.2 Å². The predicted molar refractivity (Wildman–Crippen MR) is 110 cm³/mol. The average Bonchev–Trinajstić information content (AvgIpc) is 3.29. The van der Waals surface area contributed by atoms with Crippen LogP contribution in [0.4, 0.5) is 0 Å². The molecule has 1 N–H and O–H groups in total. The number of H-pyrrole nitrogens is 1. The van der Waals surface area contributed by atoms with E-state index in [4.69, 9.17) is 28.6 Å². The molecule has 27 heavy (non-hydrogen) atoms. The number of benzene rings is 1. The van der Waals surface area contributed by atoms with Crippen molar-refractivity contribution in [1.29, 1.82) is 0 Å². The Hall–Kier alpha value is -2.16. The van der Waals surface area contributed by atoms with E-state index in [1.165, 1.54) is 0 Å². The molecule has 1 amide bonds. The summed E-state index contributed by atoms with van der Waals surface area (Å²) in [7, 11) is 3.36. The number of halogens is 1. The first-order valence-corrected chi connectivity index (χ1v) is 9.91. The molecule has 0 fully saturated rings. The van der Waals surface area contributed by atoms with E-state index < -0.39 is 0 Å². The van der Waals surface area contributed by atoms with Crippen LogP contribution < -0.4 is 4.74 Å². The van der Waals surface area contributed by atoms with Crippen LogP contribution in [-0.2, 0) is 17.9 Å². The number of nitrogens with zero attached hydrogens (tertiary/aromatic N) is 3. The first-order chi connectivity index (χ1) is 13.0. The number of aromatic nitrogens is 3. The van der Waals surface area contributed by atoms with E-state index in [9.17, 15) is 4.79 Å². The lowest BCUT2D eigenvalue weighted by molar-refractivity contribution is -0.130. The summed E-state index contributed by atoms with van der Waals surface area (Å²) in [6, 6.07) is 9.31. The summed E-state index contributed by atoms with van der Waals surface area (Å²) in [5.41, 5.74) is 0.861. The van der Waals surface area contributed by atoms with Crippen molar-refractivity contribution >= 4 is 41.1 Å². The quantitative estimate of drug-likeness (QED) is 0.574. The summed E-state index contributed by atoms with van der Waals surface area (Å²) in [5, 5.41) is 9.68. The molecule has 0 atom stereocenters. The zero-order valence-corrected chi connectivity index (χ0v) is 17.3.